The van der Waals surface area contributed by atoms with Crippen LogP contribution in [0.25, 0.3) is 22.0 Å². The molecular weight excluding hydrogens is 342 g/mol. The Kier molecular flexibility index (Phi) is 3.92. The number of aryl methyl sites for hydroxylation is 1. The molecule has 0 spiro atoms. The molecule has 0 saturated carbocycles. The average Bonchev–Trinajstić information content (AvgIpc) is 2.66. The van der Waals surface area contributed by atoms with Crippen molar-refractivity contribution in [2.45, 2.75) is 0 Å². The molecule has 3 aromatic rings. The number of carbonyl (C=O) groups is 1. The minimum Gasteiger partial charge on any atom is -0.383 e. The van der Waals surface area contributed by atoms with E-state index in [1.165, 1.54) is 0 Å². The van der Waals surface area contributed by atoms with Crippen LogP contribution in [0.15, 0.2) is 52.3 Å². The third kappa shape index (κ3) is 2.64. The fourth-order valence-electron chi connectivity index (χ4n) is 3.58. The first-order chi connectivity index (χ1) is 13.0. The maximum absolute atomic E-state index is 13.3. The smallest absolute Gasteiger partial charge is 0.251 e. The fourth-order valence-corrected chi connectivity index (χ4v) is 3.58. The van der Waals surface area contributed by atoms with Gasteiger partial charge in [-0.15, -0.1) is 0 Å². The maximum atomic E-state index is 13.3. The molecule has 1 aromatic heterocycles. The van der Waals surface area contributed by atoms with Crippen LogP contribution in [-0.2, 0) is 7.05 Å². The highest BCUT2D eigenvalue weighted by atomic mass is 16.1. The number of hydrogen-bond acceptors (Lipinski definition) is 4. The zero-order chi connectivity index (χ0) is 19.1. The Labute approximate surface area is 155 Å². The molecule has 7 nitrogen and oxygen atoms in total. The highest BCUT2D eigenvalue weighted by Crippen LogP contribution is 2.41. The van der Waals surface area contributed by atoms with E-state index in [1.807, 2.05) is 30.3 Å². The summed E-state index contributed by atoms with van der Waals surface area (Å²) in [5, 5.41) is 4.03. The second kappa shape index (κ2) is 6.28. The van der Waals surface area contributed by atoms with Gasteiger partial charge in [0.05, 0.1) is 17.6 Å². The summed E-state index contributed by atoms with van der Waals surface area (Å²) in [6.07, 6.45) is 0. The van der Waals surface area contributed by atoms with Crippen molar-refractivity contribution in [1.29, 1.82) is 0 Å². The van der Waals surface area contributed by atoms with Crippen molar-refractivity contribution in [3.05, 3.63) is 63.9 Å². The number of anilines is 1. The van der Waals surface area contributed by atoms with E-state index in [4.69, 9.17) is 11.5 Å². The molecule has 4 rings (SSSR count). The van der Waals surface area contributed by atoms with E-state index >= 15 is 0 Å². The van der Waals surface area contributed by atoms with Gasteiger partial charge in [-0.2, -0.15) is 0 Å². The molecule has 136 valence electrons. The van der Waals surface area contributed by atoms with E-state index in [9.17, 15) is 9.59 Å². The number of carbonyl (C=O) groups excluding carboxylic acids is 1. The molecule has 0 radical (unpaired) electrons. The number of nitrogens with one attached hydrogen (secondary N) is 1. The number of nitrogens with two attached hydrogens (primary N) is 2. The van der Waals surface area contributed by atoms with Crippen LogP contribution in [0.1, 0.15) is 15.9 Å². The third-order valence-electron chi connectivity index (χ3n) is 4.82. The normalized spacial score (nSPS) is 12.0. The Morgan fingerprint density at radius 2 is 1.81 bits per heavy atom. The number of pyridine rings is 1. The minimum absolute atomic E-state index is 0.0268. The summed E-state index contributed by atoms with van der Waals surface area (Å²) in [7, 11) is 1.71. The standard InChI is InChI=1S/C20H19N5O2/c1-25-15-7-6-14(23-8-9-24-20(21)22)18-17(15)13(10-16(25)26)11-4-2-3-5-12(11)19(18)27/h2-7,10,23H,8-9H2,1H3,(H4,21,22,24). The second-order valence-electron chi connectivity index (χ2n) is 6.45. The van der Waals surface area contributed by atoms with Gasteiger partial charge in [-0.3, -0.25) is 14.6 Å². The van der Waals surface area contributed by atoms with Gasteiger partial charge in [-0.05, 0) is 23.3 Å². The number of guanidine groups is 1. The van der Waals surface area contributed by atoms with E-state index in [0.717, 1.165) is 22.0 Å². The second-order valence-corrected chi connectivity index (χ2v) is 6.45. The third-order valence-corrected chi connectivity index (χ3v) is 4.82. The first kappa shape index (κ1) is 16.8. The minimum atomic E-state index is -0.110. The first-order valence-electron chi connectivity index (χ1n) is 8.59. The topological polar surface area (TPSA) is 116 Å². The molecule has 2 aromatic carbocycles. The average molecular weight is 361 g/mol. The molecule has 0 aliphatic heterocycles. The van der Waals surface area contributed by atoms with E-state index in [0.29, 0.717) is 29.9 Å². The van der Waals surface area contributed by atoms with Crippen molar-refractivity contribution in [2.75, 3.05) is 18.4 Å². The highest BCUT2D eigenvalue weighted by molar-refractivity contribution is 6.28. The number of nitrogens with zero attached hydrogens (tertiary/aromatic N) is 2. The van der Waals surface area contributed by atoms with Crippen LogP contribution in [-0.4, -0.2) is 29.4 Å². The Hall–Kier alpha value is -3.61. The van der Waals surface area contributed by atoms with Gasteiger partial charge in [0.1, 0.15) is 0 Å². The van der Waals surface area contributed by atoms with Gasteiger partial charge in [0.25, 0.3) is 5.56 Å². The van der Waals surface area contributed by atoms with Crippen molar-refractivity contribution in [3.8, 4) is 11.1 Å². The lowest BCUT2D eigenvalue weighted by atomic mass is 9.83. The van der Waals surface area contributed by atoms with Crippen LogP contribution >= 0.6 is 0 Å². The van der Waals surface area contributed by atoms with Crippen molar-refractivity contribution in [2.24, 2.45) is 23.5 Å². The lowest BCUT2D eigenvalue weighted by Gasteiger charge is -2.23. The van der Waals surface area contributed by atoms with E-state index < -0.39 is 0 Å². The number of hydrogen-bond donors (Lipinski definition) is 3. The van der Waals surface area contributed by atoms with E-state index in [1.54, 1.807) is 23.7 Å². The first-order valence-corrected chi connectivity index (χ1v) is 8.59. The van der Waals surface area contributed by atoms with Crippen molar-refractivity contribution < 1.29 is 4.79 Å². The zero-order valence-electron chi connectivity index (χ0n) is 14.8. The molecule has 27 heavy (non-hydrogen) atoms. The number of aromatic nitrogens is 1. The van der Waals surface area contributed by atoms with Gasteiger partial charge < -0.3 is 21.4 Å². The summed E-state index contributed by atoms with van der Waals surface area (Å²) >= 11 is 0. The number of ketones is 1. The van der Waals surface area contributed by atoms with Gasteiger partial charge in [0, 0.05) is 36.3 Å². The SMILES string of the molecule is Cn1c(=O)cc2c3c(c(NCCN=C(N)N)ccc31)C(=O)c1ccccc1-2. The number of rotatable bonds is 4. The number of benzene rings is 2. The molecular formula is C20H19N5O2. The molecule has 1 aliphatic carbocycles. The summed E-state index contributed by atoms with van der Waals surface area (Å²) in [6.45, 7) is 0.872. The summed E-state index contributed by atoms with van der Waals surface area (Å²) < 4.78 is 1.56. The monoisotopic (exact) mass is 361 g/mol. The Morgan fingerprint density at radius 3 is 2.56 bits per heavy atom. The number of fused-ring (bicyclic) bond motifs is 2. The predicted octanol–water partition coefficient (Wildman–Crippen LogP) is 1.44. The molecule has 0 bridgehead atoms. The molecule has 0 unspecified atom stereocenters. The van der Waals surface area contributed by atoms with Crippen molar-refractivity contribution in [1.82, 2.24) is 4.57 Å². The van der Waals surface area contributed by atoms with Crippen LogP contribution in [0.3, 0.4) is 0 Å². The summed E-state index contributed by atoms with van der Waals surface area (Å²) in [5.41, 5.74) is 14.8. The molecule has 1 heterocycles. The van der Waals surface area contributed by atoms with Gasteiger partial charge in [-0.1, -0.05) is 24.3 Å². The largest absolute Gasteiger partial charge is 0.383 e. The molecule has 7 heteroatoms. The van der Waals surface area contributed by atoms with Gasteiger partial charge in [-0.25, -0.2) is 0 Å². The fraction of sp³-hybridized carbons (Fsp3) is 0.150. The molecule has 0 saturated heterocycles. The lowest BCUT2D eigenvalue weighted by Crippen LogP contribution is -2.24. The van der Waals surface area contributed by atoms with Gasteiger partial charge in [0.2, 0.25) is 0 Å². The van der Waals surface area contributed by atoms with Crippen LogP contribution < -0.4 is 22.3 Å². The Balaban J connectivity index is 1.95. The van der Waals surface area contributed by atoms with Crippen LogP contribution in [0.4, 0.5) is 5.69 Å². The molecule has 0 fully saturated rings. The summed E-state index contributed by atoms with van der Waals surface area (Å²) in [6, 6.07) is 12.6. The zero-order valence-corrected chi connectivity index (χ0v) is 14.8. The summed E-state index contributed by atoms with van der Waals surface area (Å²) in [5.74, 6) is -0.0365. The van der Waals surface area contributed by atoms with Gasteiger partial charge in [0.15, 0.2) is 11.7 Å². The quantitative estimate of drug-likeness (QED) is 0.289. The van der Waals surface area contributed by atoms with E-state index in [2.05, 4.69) is 10.3 Å². The van der Waals surface area contributed by atoms with Gasteiger partial charge >= 0.3 is 0 Å². The molecule has 0 atom stereocenters. The molecule has 5 N–H and O–H groups in total. The van der Waals surface area contributed by atoms with E-state index in [-0.39, 0.29) is 17.3 Å². The highest BCUT2D eigenvalue weighted by Gasteiger charge is 2.28. The summed E-state index contributed by atoms with van der Waals surface area (Å²) in [4.78, 5) is 29.6. The van der Waals surface area contributed by atoms with Crippen molar-refractivity contribution in [3.63, 3.8) is 0 Å². The maximum Gasteiger partial charge on any atom is 0.251 e. The van der Waals surface area contributed by atoms with Crippen LogP contribution in [0, 0.1) is 0 Å². The van der Waals surface area contributed by atoms with Crippen LogP contribution in [0.2, 0.25) is 0 Å². The molecule has 0 amide bonds. The Bertz CT molecular complexity index is 1170. The Morgan fingerprint density at radius 1 is 1.07 bits per heavy atom. The lowest BCUT2D eigenvalue weighted by molar-refractivity contribution is 0.104. The molecule has 1 aliphatic rings. The number of aliphatic imine (C=N–C) groups is 1. The van der Waals surface area contributed by atoms with Crippen molar-refractivity contribution >= 4 is 28.3 Å². The van der Waals surface area contributed by atoms with Crippen LogP contribution in [0.5, 0.6) is 0 Å². The predicted molar refractivity (Wildman–Crippen MR) is 107 cm³/mol.